The van der Waals surface area contributed by atoms with Crippen LogP contribution in [0, 0.1) is 5.92 Å². The summed E-state index contributed by atoms with van der Waals surface area (Å²) in [6.45, 7) is 0.838. The number of nitrogens with one attached hydrogen (secondary N) is 1. The molecule has 2 unspecified atom stereocenters. The predicted octanol–water partition coefficient (Wildman–Crippen LogP) is 2.32. The Morgan fingerprint density at radius 3 is 2.84 bits per heavy atom. The number of fused-ring (bicyclic) bond motifs is 1. The van der Waals surface area contributed by atoms with Crippen LogP contribution in [-0.2, 0) is 12.8 Å². The molecule has 0 radical (unpaired) electrons. The van der Waals surface area contributed by atoms with Crippen molar-refractivity contribution < 1.29 is 5.11 Å². The van der Waals surface area contributed by atoms with E-state index >= 15 is 0 Å². The lowest BCUT2D eigenvalue weighted by Gasteiger charge is -2.28. The molecular formula is C15H23N3O. The van der Waals surface area contributed by atoms with Gasteiger partial charge in [-0.05, 0) is 38.5 Å². The number of rotatable bonds is 3. The molecule has 0 aromatic carbocycles. The van der Waals surface area contributed by atoms with Crippen molar-refractivity contribution in [3.8, 4) is 0 Å². The molecule has 104 valence electrons. The Morgan fingerprint density at radius 1 is 1.11 bits per heavy atom. The third-order valence-corrected chi connectivity index (χ3v) is 4.53. The maximum atomic E-state index is 10.0. The molecule has 2 atom stereocenters. The van der Waals surface area contributed by atoms with Gasteiger partial charge in [-0.2, -0.15) is 0 Å². The van der Waals surface area contributed by atoms with Crippen LogP contribution in [0.15, 0.2) is 6.33 Å². The summed E-state index contributed by atoms with van der Waals surface area (Å²) in [5.41, 5.74) is 2.52. The number of aromatic nitrogens is 2. The van der Waals surface area contributed by atoms with Crippen LogP contribution in [0.4, 0.5) is 5.82 Å². The van der Waals surface area contributed by atoms with Crippen molar-refractivity contribution in [1.29, 1.82) is 0 Å². The average Bonchev–Trinajstić information content (AvgIpc) is 2.46. The summed E-state index contributed by atoms with van der Waals surface area (Å²) in [7, 11) is 0. The van der Waals surface area contributed by atoms with Crippen LogP contribution >= 0.6 is 0 Å². The first-order chi connectivity index (χ1) is 9.34. The fraction of sp³-hybridized carbons (Fsp3) is 0.733. The highest BCUT2D eigenvalue weighted by molar-refractivity contribution is 5.47. The molecule has 4 heteroatoms. The van der Waals surface area contributed by atoms with Crippen LogP contribution < -0.4 is 5.32 Å². The molecular weight excluding hydrogens is 238 g/mol. The molecule has 1 heterocycles. The van der Waals surface area contributed by atoms with Gasteiger partial charge in [0.15, 0.2) is 0 Å². The molecule has 1 aromatic heterocycles. The Balaban J connectivity index is 1.66. The number of aliphatic hydroxyl groups is 1. The van der Waals surface area contributed by atoms with E-state index in [1.165, 1.54) is 36.9 Å². The van der Waals surface area contributed by atoms with Crippen LogP contribution in [0.2, 0.25) is 0 Å². The number of anilines is 1. The zero-order valence-electron chi connectivity index (χ0n) is 11.4. The van der Waals surface area contributed by atoms with Gasteiger partial charge in [-0.25, -0.2) is 9.97 Å². The maximum Gasteiger partial charge on any atom is 0.132 e. The fourth-order valence-electron chi connectivity index (χ4n) is 3.33. The quantitative estimate of drug-likeness (QED) is 0.876. The van der Waals surface area contributed by atoms with Crippen molar-refractivity contribution in [3.63, 3.8) is 0 Å². The lowest BCUT2D eigenvalue weighted by atomic mass is 9.86. The largest absolute Gasteiger partial charge is 0.393 e. The number of aryl methyl sites for hydroxylation is 1. The monoisotopic (exact) mass is 261 g/mol. The second-order valence-corrected chi connectivity index (χ2v) is 5.85. The maximum absolute atomic E-state index is 10.0. The smallest absolute Gasteiger partial charge is 0.132 e. The topological polar surface area (TPSA) is 58.0 Å². The Morgan fingerprint density at radius 2 is 1.95 bits per heavy atom. The van der Waals surface area contributed by atoms with Gasteiger partial charge in [0, 0.05) is 23.7 Å². The van der Waals surface area contributed by atoms with Crippen molar-refractivity contribution in [2.45, 2.75) is 57.5 Å². The molecule has 19 heavy (non-hydrogen) atoms. The number of aliphatic hydroxyl groups excluding tert-OH is 1. The molecule has 0 saturated heterocycles. The van der Waals surface area contributed by atoms with Crippen LogP contribution in [0.3, 0.4) is 0 Å². The van der Waals surface area contributed by atoms with E-state index in [9.17, 15) is 5.11 Å². The summed E-state index contributed by atoms with van der Waals surface area (Å²) >= 11 is 0. The minimum Gasteiger partial charge on any atom is -0.393 e. The van der Waals surface area contributed by atoms with Gasteiger partial charge in [-0.15, -0.1) is 0 Å². The minimum atomic E-state index is -0.140. The summed E-state index contributed by atoms with van der Waals surface area (Å²) in [6, 6.07) is 0. The first kappa shape index (κ1) is 12.9. The highest BCUT2D eigenvalue weighted by Gasteiger charge is 2.23. The standard InChI is InChI=1S/C15H23N3O/c19-14-8-4-1-5-11(14)9-16-15-12-6-2-3-7-13(12)17-10-18-15/h10-11,14,19H,1-9H2,(H,16,17,18). The fourth-order valence-corrected chi connectivity index (χ4v) is 3.33. The summed E-state index contributed by atoms with van der Waals surface area (Å²) in [6.07, 6.45) is 10.7. The zero-order valence-corrected chi connectivity index (χ0v) is 11.4. The molecule has 4 nitrogen and oxygen atoms in total. The van der Waals surface area contributed by atoms with E-state index in [1.54, 1.807) is 6.33 Å². The predicted molar refractivity (Wildman–Crippen MR) is 75.1 cm³/mol. The zero-order chi connectivity index (χ0) is 13.1. The molecule has 0 amide bonds. The van der Waals surface area contributed by atoms with E-state index in [-0.39, 0.29) is 6.10 Å². The molecule has 2 aliphatic carbocycles. The molecule has 0 aliphatic heterocycles. The first-order valence-corrected chi connectivity index (χ1v) is 7.59. The lowest BCUT2D eigenvalue weighted by Crippen LogP contribution is -2.30. The molecule has 1 aromatic rings. The van der Waals surface area contributed by atoms with Crippen LogP contribution in [-0.4, -0.2) is 27.7 Å². The van der Waals surface area contributed by atoms with E-state index in [4.69, 9.17) is 0 Å². The second-order valence-electron chi connectivity index (χ2n) is 5.85. The van der Waals surface area contributed by atoms with Crippen LogP contribution in [0.5, 0.6) is 0 Å². The Hall–Kier alpha value is -1.16. The Labute approximate surface area is 114 Å². The summed E-state index contributed by atoms with van der Waals surface area (Å²) in [5.74, 6) is 1.38. The van der Waals surface area contributed by atoms with E-state index in [2.05, 4.69) is 15.3 Å². The molecule has 1 saturated carbocycles. The van der Waals surface area contributed by atoms with Gasteiger partial charge in [0.2, 0.25) is 0 Å². The van der Waals surface area contributed by atoms with E-state index in [0.717, 1.165) is 38.0 Å². The second kappa shape index (κ2) is 5.87. The van der Waals surface area contributed by atoms with Gasteiger partial charge in [-0.1, -0.05) is 12.8 Å². The molecule has 0 bridgehead atoms. The summed E-state index contributed by atoms with van der Waals surface area (Å²) < 4.78 is 0. The normalized spacial score (nSPS) is 26.8. The van der Waals surface area contributed by atoms with Gasteiger partial charge in [0.05, 0.1) is 6.10 Å². The number of nitrogens with zero attached hydrogens (tertiary/aromatic N) is 2. The molecule has 1 fully saturated rings. The van der Waals surface area contributed by atoms with Gasteiger partial charge < -0.3 is 10.4 Å². The van der Waals surface area contributed by atoms with Gasteiger partial charge in [0.25, 0.3) is 0 Å². The minimum absolute atomic E-state index is 0.140. The lowest BCUT2D eigenvalue weighted by molar-refractivity contribution is 0.0763. The highest BCUT2D eigenvalue weighted by Crippen LogP contribution is 2.27. The molecule has 0 spiro atoms. The highest BCUT2D eigenvalue weighted by atomic mass is 16.3. The third-order valence-electron chi connectivity index (χ3n) is 4.53. The van der Waals surface area contributed by atoms with Crippen molar-refractivity contribution in [3.05, 3.63) is 17.6 Å². The number of hydrogen-bond acceptors (Lipinski definition) is 4. The van der Waals surface area contributed by atoms with E-state index < -0.39 is 0 Å². The third kappa shape index (κ3) is 2.89. The van der Waals surface area contributed by atoms with Crippen molar-refractivity contribution in [2.24, 2.45) is 5.92 Å². The van der Waals surface area contributed by atoms with Crippen molar-refractivity contribution >= 4 is 5.82 Å². The van der Waals surface area contributed by atoms with Gasteiger partial charge >= 0.3 is 0 Å². The van der Waals surface area contributed by atoms with Crippen LogP contribution in [0.25, 0.3) is 0 Å². The average molecular weight is 261 g/mol. The van der Waals surface area contributed by atoms with Crippen molar-refractivity contribution in [2.75, 3.05) is 11.9 Å². The van der Waals surface area contributed by atoms with Gasteiger partial charge in [-0.3, -0.25) is 0 Å². The number of hydrogen-bond donors (Lipinski definition) is 2. The Bertz CT molecular complexity index is 435. The summed E-state index contributed by atoms with van der Waals surface area (Å²) in [4.78, 5) is 8.79. The van der Waals surface area contributed by atoms with Gasteiger partial charge in [0.1, 0.15) is 12.1 Å². The molecule has 2 N–H and O–H groups in total. The summed E-state index contributed by atoms with van der Waals surface area (Å²) in [5, 5.41) is 13.5. The Kier molecular flexibility index (Phi) is 3.97. The SMILES string of the molecule is OC1CCCCC1CNc1ncnc2c1CCCC2. The van der Waals surface area contributed by atoms with Crippen LogP contribution in [0.1, 0.15) is 49.8 Å². The van der Waals surface area contributed by atoms with Crippen molar-refractivity contribution in [1.82, 2.24) is 9.97 Å². The van der Waals surface area contributed by atoms with E-state index in [1.807, 2.05) is 0 Å². The first-order valence-electron chi connectivity index (χ1n) is 7.59. The van der Waals surface area contributed by atoms with E-state index in [0.29, 0.717) is 5.92 Å². The molecule has 3 rings (SSSR count). The molecule has 2 aliphatic rings.